The van der Waals surface area contributed by atoms with E-state index in [4.69, 9.17) is 5.73 Å². The molecule has 2 rings (SSSR count). The van der Waals surface area contributed by atoms with Crippen molar-refractivity contribution in [1.82, 2.24) is 15.4 Å². The minimum atomic E-state index is -0.487. The molecule has 0 radical (unpaired) electrons. The molecule has 7 nitrogen and oxygen atoms in total. The molecule has 0 unspecified atom stereocenters. The number of nitrogens with zero attached hydrogens (tertiary/aromatic N) is 2. The molecule has 2 heterocycles. The standard InChI is InChI=1S/C7H8N4O3/c8-5-4(3-10-14-5)6(12)11-2-1-9-7(11)13/h3H,1-2,8H2,(H,9,13). The van der Waals surface area contributed by atoms with Crippen molar-refractivity contribution in [3.8, 4) is 0 Å². The number of carbonyl (C=O) groups excluding carboxylic acids is 2. The van der Waals surface area contributed by atoms with Crippen LogP contribution in [-0.2, 0) is 0 Å². The van der Waals surface area contributed by atoms with E-state index in [0.717, 1.165) is 4.90 Å². The summed E-state index contributed by atoms with van der Waals surface area (Å²) in [6.07, 6.45) is 1.20. The minimum Gasteiger partial charge on any atom is -0.367 e. The van der Waals surface area contributed by atoms with Gasteiger partial charge in [-0.1, -0.05) is 5.16 Å². The quantitative estimate of drug-likeness (QED) is 0.625. The molecule has 3 amide bonds. The average molecular weight is 196 g/mol. The van der Waals surface area contributed by atoms with Crippen molar-refractivity contribution in [1.29, 1.82) is 0 Å². The van der Waals surface area contributed by atoms with Crippen molar-refractivity contribution in [2.75, 3.05) is 18.8 Å². The Morgan fingerprint density at radius 2 is 2.50 bits per heavy atom. The molecule has 1 aromatic heterocycles. The van der Waals surface area contributed by atoms with E-state index in [2.05, 4.69) is 15.0 Å². The van der Waals surface area contributed by atoms with E-state index in [1.807, 2.05) is 0 Å². The van der Waals surface area contributed by atoms with Gasteiger partial charge in [0.05, 0.1) is 6.20 Å². The number of nitrogens with two attached hydrogens (primary N) is 1. The van der Waals surface area contributed by atoms with E-state index in [1.165, 1.54) is 6.20 Å². The summed E-state index contributed by atoms with van der Waals surface area (Å²) >= 11 is 0. The molecule has 14 heavy (non-hydrogen) atoms. The van der Waals surface area contributed by atoms with Crippen LogP contribution in [0.15, 0.2) is 10.7 Å². The second kappa shape index (κ2) is 3.02. The summed E-state index contributed by atoms with van der Waals surface area (Å²) in [6, 6.07) is -0.421. The smallest absolute Gasteiger partial charge is 0.324 e. The highest BCUT2D eigenvalue weighted by Gasteiger charge is 2.29. The van der Waals surface area contributed by atoms with Gasteiger partial charge in [0.15, 0.2) is 0 Å². The first kappa shape index (κ1) is 8.54. The average Bonchev–Trinajstić information content (AvgIpc) is 2.73. The number of nitrogen functional groups attached to an aromatic ring is 1. The predicted molar refractivity (Wildman–Crippen MR) is 45.4 cm³/mol. The van der Waals surface area contributed by atoms with Crippen LogP contribution in [0.25, 0.3) is 0 Å². The molecule has 0 aliphatic carbocycles. The normalized spacial score (nSPS) is 15.7. The zero-order valence-electron chi connectivity index (χ0n) is 7.19. The number of hydrogen-bond acceptors (Lipinski definition) is 5. The maximum atomic E-state index is 11.6. The molecule has 0 spiro atoms. The molecule has 0 saturated carbocycles. The topological polar surface area (TPSA) is 101 Å². The molecule has 1 aliphatic rings. The van der Waals surface area contributed by atoms with Crippen LogP contribution >= 0.6 is 0 Å². The Balaban J connectivity index is 2.24. The maximum Gasteiger partial charge on any atom is 0.324 e. The van der Waals surface area contributed by atoms with Crippen LogP contribution in [0, 0.1) is 0 Å². The van der Waals surface area contributed by atoms with Gasteiger partial charge in [-0.25, -0.2) is 4.79 Å². The Kier molecular flexibility index (Phi) is 1.84. The highest BCUT2D eigenvalue weighted by Crippen LogP contribution is 2.13. The summed E-state index contributed by atoms with van der Waals surface area (Å²) in [5, 5.41) is 5.87. The SMILES string of the molecule is Nc1oncc1C(=O)N1CCNC1=O. The van der Waals surface area contributed by atoms with Crippen molar-refractivity contribution in [3.05, 3.63) is 11.8 Å². The Labute approximate surface area is 78.8 Å². The van der Waals surface area contributed by atoms with Gasteiger partial charge in [-0.05, 0) is 0 Å². The van der Waals surface area contributed by atoms with Crippen LogP contribution in [0.2, 0.25) is 0 Å². The van der Waals surface area contributed by atoms with Crippen LogP contribution < -0.4 is 11.1 Å². The summed E-state index contributed by atoms with van der Waals surface area (Å²) in [7, 11) is 0. The Morgan fingerprint density at radius 3 is 3.00 bits per heavy atom. The van der Waals surface area contributed by atoms with Crippen molar-refractivity contribution >= 4 is 17.8 Å². The second-order valence-electron chi connectivity index (χ2n) is 2.79. The molecule has 74 valence electrons. The summed E-state index contributed by atoms with van der Waals surface area (Å²) in [5.41, 5.74) is 5.46. The number of amides is 3. The van der Waals surface area contributed by atoms with Gasteiger partial charge in [-0.2, -0.15) is 0 Å². The van der Waals surface area contributed by atoms with Gasteiger partial charge in [0.2, 0.25) is 5.88 Å². The molecule has 7 heteroatoms. The first-order valence-electron chi connectivity index (χ1n) is 4.00. The van der Waals surface area contributed by atoms with Crippen molar-refractivity contribution < 1.29 is 14.1 Å². The van der Waals surface area contributed by atoms with Crippen LogP contribution in [-0.4, -0.2) is 35.1 Å². The molecular formula is C7H8N4O3. The lowest BCUT2D eigenvalue weighted by Gasteiger charge is -2.09. The fourth-order valence-electron chi connectivity index (χ4n) is 1.22. The number of anilines is 1. The fourth-order valence-corrected chi connectivity index (χ4v) is 1.22. The number of hydrogen-bond donors (Lipinski definition) is 2. The molecule has 0 atom stereocenters. The summed E-state index contributed by atoms with van der Waals surface area (Å²) < 4.78 is 4.53. The predicted octanol–water partition coefficient (Wildman–Crippen LogP) is -0.578. The molecule has 0 bridgehead atoms. The number of aromatic nitrogens is 1. The van der Waals surface area contributed by atoms with Crippen LogP contribution in [0.1, 0.15) is 10.4 Å². The van der Waals surface area contributed by atoms with Gasteiger partial charge in [-0.3, -0.25) is 9.69 Å². The minimum absolute atomic E-state index is 0.0744. The Morgan fingerprint density at radius 1 is 1.71 bits per heavy atom. The van der Waals surface area contributed by atoms with Gasteiger partial charge in [-0.15, -0.1) is 0 Å². The molecule has 3 N–H and O–H groups in total. The number of rotatable bonds is 1. The second-order valence-corrected chi connectivity index (χ2v) is 2.79. The lowest BCUT2D eigenvalue weighted by Crippen LogP contribution is -2.34. The molecule has 1 aliphatic heterocycles. The molecule has 1 aromatic rings. The zero-order valence-corrected chi connectivity index (χ0v) is 7.19. The molecule has 1 saturated heterocycles. The van der Waals surface area contributed by atoms with E-state index < -0.39 is 11.9 Å². The van der Waals surface area contributed by atoms with Crippen LogP contribution in [0.4, 0.5) is 10.7 Å². The lowest BCUT2D eigenvalue weighted by atomic mass is 10.3. The van der Waals surface area contributed by atoms with Gasteiger partial charge < -0.3 is 15.6 Å². The number of urea groups is 1. The van der Waals surface area contributed by atoms with E-state index in [-0.39, 0.29) is 11.4 Å². The third-order valence-corrected chi connectivity index (χ3v) is 1.93. The number of nitrogens with one attached hydrogen (secondary N) is 1. The lowest BCUT2D eigenvalue weighted by molar-refractivity contribution is 0.0830. The molecule has 1 fully saturated rings. The summed E-state index contributed by atoms with van der Waals surface area (Å²) in [6.45, 7) is 0.790. The first-order valence-corrected chi connectivity index (χ1v) is 4.00. The molecular weight excluding hydrogens is 188 g/mol. The van der Waals surface area contributed by atoms with E-state index in [1.54, 1.807) is 0 Å². The fraction of sp³-hybridized carbons (Fsp3) is 0.286. The third kappa shape index (κ3) is 1.18. The van der Waals surface area contributed by atoms with Gasteiger partial charge >= 0.3 is 6.03 Å². The van der Waals surface area contributed by atoms with E-state index >= 15 is 0 Å². The number of carbonyl (C=O) groups is 2. The van der Waals surface area contributed by atoms with E-state index in [0.29, 0.717) is 13.1 Å². The highest BCUT2D eigenvalue weighted by molar-refractivity contribution is 6.07. The van der Waals surface area contributed by atoms with E-state index in [9.17, 15) is 9.59 Å². The van der Waals surface area contributed by atoms with Crippen molar-refractivity contribution in [3.63, 3.8) is 0 Å². The largest absolute Gasteiger partial charge is 0.367 e. The number of imide groups is 1. The monoisotopic (exact) mass is 196 g/mol. The van der Waals surface area contributed by atoms with Crippen LogP contribution in [0.5, 0.6) is 0 Å². The Hall–Kier alpha value is -2.05. The van der Waals surface area contributed by atoms with Crippen LogP contribution in [0.3, 0.4) is 0 Å². The maximum absolute atomic E-state index is 11.6. The molecule has 0 aromatic carbocycles. The Bertz CT molecular complexity index is 386. The van der Waals surface area contributed by atoms with Crippen molar-refractivity contribution in [2.24, 2.45) is 0 Å². The summed E-state index contributed by atoms with van der Waals surface area (Å²) in [5.74, 6) is -0.562. The first-order chi connectivity index (χ1) is 6.70. The van der Waals surface area contributed by atoms with Crippen molar-refractivity contribution in [2.45, 2.75) is 0 Å². The van der Waals surface area contributed by atoms with Gasteiger partial charge in [0.25, 0.3) is 5.91 Å². The zero-order chi connectivity index (χ0) is 10.1. The van der Waals surface area contributed by atoms with Gasteiger partial charge in [0, 0.05) is 13.1 Å². The summed E-state index contributed by atoms with van der Waals surface area (Å²) in [4.78, 5) is 23.8. The highest BCUT2D eigenvalue weighted by atomic mass is 16.5. The third-order valence-electron chi connectivity index (χ3n) is 1.93. The van der Waals surface area contributed by atoms with Gasteiger partial charge in [0.1, 0.15) is 5.56 Å².